The first kappa shape index (κ1) is 14.6. The van der Waals surface area contributed by atoms with Crippen molar-refractivity contribution in [2.45, 2.75) is 6.54 Å². The van der Waals surface area contributed by atoms with Gasteiger partial charge in [-0.2, -0.15) is 0 Å². The lowest BCUT2D eigenvalue weighted by Gasteiger charge is -2.21. The molecule has 0 aromatic heterocycles. The van der Waals surface area contributed by atoms with Gasteiger partial charge in [0.05, 0.1) is 0 Å². The lowest BCUT2D eigenvalue weighted by molar-refractivity contribution is 0.625. The van der Waals surface area contributed by atoms with E-state index in [2.05, 4.69) is 0 Å². The van der Waals surface area contributed by atoms with Crippen LogP contribution in [0.1, 0.15) is 5.56 Å². The molecule has 2 rings (SSSR count). The number of halogens is 3. The monoisotopic (exact) mass is 315 g/mol. The van der Waals surface area contributed by atoms with Crippen molar-refractivity contribution < 1.29 is 4.39 Å². The van der Waals surface area contributed by atoms with Gasteiger partial charge in [-0.05, 0) is 35.9 Å². The molecule has 0 unspecified atom stereocenters. The van der Waals surface area contributed by atoms with E-state index in [1.54, 1.807) is 6.07 Å². The molecule has 1 nitrogen and oxygen atoms in total. The summed E-state index contributed by atoms with van der Waals surface area (Å²) >= 11 is 12.0. The highest BCUT2D eigenvalue weighted by atomic mass is 35.9. The average molecular weight is 316 g/mol. The maximum Gasteiger partial charge on any atom is 0.123 e. The Labute approximate surface area is 123 Å². The van der Waals surface area contributed by atoms with Gasteiger partial charge in [0.15, 0.2) is 0 Å². The van der Waals surface area contributed by atoms with Crippen LogP contribution in [-0.4, -0.2) is 7.05 Å². The van der Waals surface area contributed by atoms with Gasteiger partial charge in [0.25, 0.3) is 0 Å². The van der Waals surface area contributed by atoms with Gasteiger partial charge in [-0.25, -0.2) is 4.39 Å². The number of nitrogens with zero attached hydrogens (tertiary/aromatic N) is 1. The van der Waals surface area contributed by atoms with E-state index in [0.29, 0.717) is 6.54 Å². The number of hydrogen-bond donors (Lipinski definition) is 0. The summed E-state index contributed by atoms with van der Waals surface area (Å²) in [5, 5.41) is 0.808. The first-order valence-corrected chi connectivity index (χ1v) is 8.89. The van der Waals surface area contributed by atoms with E-state index in [1.165, 1.54) is 12.1 Å². The summed E-state index contributed by atoms with van der Waals surface area (Å²) in [5.41, 5.74) is 1.88. The van der Waals surface area contributed by atoms with Crippen molar-refractivity contribution in [2.75, 3.05) is 11.9 Å². The Morgan fingerprint density at radius 1 is 1.11 bits per heavy atom. The molecule has 0 radical (unpaired) electrons. The Kier molecular flexibility index (Phi) is 5.04. The van der Waals surface area contributed by atoms with Crippen molar-refractivity contribution in [3.8, 4) is 0 Å². The smallest absolute Gasteiger partial charge is 0.123 e. The van der Waals surface area contributed by atoms with Crippen LogP contribution in [0.4, 0.5) is 10.1 Å². The molecule has 0 N–H and O–H groups in total. The fourth-order valence-corrected chi connectivity index (χ4v) is 3.40. The van der Waals surface area contributed by atoms with Crippen LogP contribution in [0.2, 0.25) is 0 Å². The second kappa shape index (κ2) is 6.56. The molecule has 2 aromatic rings. The van der Waals surface area contributed by atoms with E-state index in [4.69, 9.17) is 22.5 Å². The molecular weight excluding hydrogens is 303 g/mol. The second-order valence-corrected chi connectivity index (χ2v) is 7.69. The molecule has 0 spiro atoms. The summed E-state index contributed by atoms with van der Waals surface area (Å²) in [7, 11) is 1.95. The van der Waals surface area contributed by atoms with Crippen LogP contribution >= 0.6 is 29.1 Å². The zero-order valence-electron chi connectivity index (χ0n) is 10.4. The predicted molar refractivity (Wildman–Crippen MR) is 83.2 cm³/mol. The van der Waals surface area contributed by atoms with Crippen molar-refractivity contribution in [2.24, 2.45) is 0 Å². The molecule has 0 heterocycles. The molecular formula is C14H13Cl2FNP. The zero-order valence-corrected chi connectivity index (χ0v) is 12.8. The van der Waals surface area contributed by atoms with Gasteiger partial charge in [0.1, 0.15) is 12.4 Å². The van der Waals surface area contributed by atoms with Gasteiger partial charge < -0.3 is 4.90 Å². The fourth-order valence-electron chi connectivity index (χ4n) is 1.87. The SMILES string of the molecule is CN(Cc1cc(F)ccc1P(Cl)Cl)c1ccccc1. The molecule has 0 saturated carbocycles. The summed E-state index contributed by atoms with van der Waals surface area (Å²) in [6.07, 6.45) is 0. The van der Waals surface area contributed by atoms with E-state index in [0.717, 1.165) is 16.6 Å². The highest BCUT2D eigenvalue weighted by molar-refractivity contribution is 8.08. The lowest BCUT2D eigenvalue weighted by Crippen LogP contribution is -2.20. The third kappa shape index (κ3) is 3.82. The normalized spacial score (nSPS) is 10.8. The number of para-hydroxylation sites is 1. The van der Waals surface area contributed by atoms with Crippen LogP contribution in [0, 0.1) is 5.82 Å². The Morgan fingerprint density at radius 3 is 2.42 bits per heavy atom. The van der Waals surface area contributed by atoms with E-state index >= 15 is 0 Å². The zero-order chi connectivity index (χ0) is 13.8. The first-order chi connectivity index (χ1) is 9.08. The van der Waals surface area contributed by atoms with Crippen LogP contribution < -0.4 is 10.2 Å². The minimum Gasteiger partial charge on any atom is -0.370 e. The minimum atomic E-state index is -1.28. The van der Waals surface area contributed by atoms with Gasteiger partial charge in [-0.1, -0.05) is 40.7 Å². The topological polar surface area (TPSA) is 3.24 Å². The van der Waals surface area contributed by atoms with Crippen molar-refractivity contribution in [1.82, 2.24) is 0 Å². The van der Waals surface area contributed by atoms with E-state index < -0.39 is 6.63 Å². The van der Waals surface area contributed by atoms with Crippen LogP contribution in [0.3, 0.4) is 0 Å². The van der Waals surface area contributed by atoms with Gasteiger partial charge in [0.2, 0.25) is 0 Å². The van der Waals surface area contributed by atoms with Gasteiger partial charge in [-0.3, -0.25) is 0 Å². The van der Waals surface area contributed by atoms with Crippen molar-refractivity contribution >= 4 is 40.1 Å². The highest BCUT2D eigenvalue weighted by Crippen LogP contribution is 2.46. The number of rotatable bonds is 4. The molecule has 0 fully saturated rings. The Morgan fingerprint density at radius 2 is 1.79 bits per heavy atom. The van der Waals surface area contributed by atoms with Crippen LogP contribution in [0.5, 0.6) is 0 Å². The third-order valence-corrected chi connectivity index (χ3v) is 4.72. The fraction of sp³-hybridized carbons (Fsp3) is 0.143. The third-order valence-electron chi connectivity index (χ3n) is 2.83. The number of anilines is 1. The van der Waals surface area contributed by atoms with E-state index in [9.17, 15) is 4.39 Å². The second-order valence-electron chi connectivity index (χ2n) is 4.20. The van der Waals surface area contributed by atoms with Gasteiger partial charge in [0, 0.05) is 24.6 Å². The maximum atomic E-state index is 13.4. The van der Waals surface area contributed by atoms with E-state index in [1.807, 2.05) is 42.3 Å². The molecule has 19 heavy (non-hydrogen) atoms. The highest BCUT2D eigenvalue weighted by Gasteiger charge is 2.13. The maximum absolute atomic E-state index is 13.4. The molecule has 0 amide bonds. The molecule has 0 aliphatic heterocycles. The van der Waals surface area contributed by atoms with Gasteiger partial charge >= 0.3 is 0 Å². The van der Waals surface area contributed by atoms with E-state index in [-0.39, 0.29) is 5.82 Å². The van der Waals surface area contributed by atoms with Crippen LogP contribution in [0.25, 0.3) is 0 Å². The molecule has 0 atom stereocenters. The summed E-state index contributed by atoms with van der Waals surface area (Å²) in [4.78, 5) is 2.03. The summed E-state index contributed by atoms with van der Waals surface area (Å²) in [6.45, 7) is -0.712. The number of hydrogen-bond acceptors (Lipinski definition) is 1. The quantitative estimate of drug-likeness (QED) is 0.727. The predicted octanol–water partition coefficient (Wildman–Crippen LogP) is 4.88. The summed E-state index contributed by atoms with van der Waals surface area (Å²) in [6, 6.07) is 14.4. The Bertz CT molecular complexity index is 548. The van der Waals surface area contributed by atoms with Gasteiger partial charge in [-0.15, -0.1) is 0 Å². The lowest BCUT2D eigenvalue weighted by atomic mass is 10.2. The van der Waals surface area contributed by atoms with Crippen molar-refractivity contribution in [1.29, 1.82) is 0 Å². The number of benzene rings is 2. The van der Waals surface area contributed by atoms with Crippen molar-refractivity contribution in [3.05, 3.63) is 59.9 Å². The standard InChI is InChI=1S/C14H13Cl2FNP/c1-18(13-5-3-2-4-6-13)10-11-9-12(17)7-8-14(11)19(15)16/h2-9H,10H2,1H3. The molecule has 0 bridgehead atoms. The Balaban J connectivity index is 2.25. The molecule has 0 saturated heterocycles. The largest absolute Gasteiger partial charge is 0.370 e. The summed E-state index contributed by atoms with van der Waals surface area (Å²) < 4.78 is 13.4. The Hall–Kier alpha value is -0.820. The van der Waals surface area contributed by atoms with Crippen LogP contribution in [0.15, 0.2) is 48.5 Å². The molecule has 5 heteroatoms. The average Bonchev–Trinajstić information content (AvgIpc) is 2.39. The molecule has 2 aromatic carbocycles. The van der Waals surface area contributed by atoms with Crippen molar-refractivity contribution in [3.63, 3.8) is 0 Å². The minimum absolute atomic E-state index is 0.273. The molecule has 100 valence electrons. The molecule has 0 aliphatic rings. The molecule has 0 aliphatic carbocycles. The first-order valence-electron chi connectivity index (χ1n) is 5.74. The summed E-state index contributed by atoms with van der Waals surface area (Å²) in [5.74, 6) is -0.273. The van der Waals surface area contributed by atoms with Crippen LogP contribution in [-0.2, 0) is 6.54 Å².